The number of hydrogen-bond acceptors (Lipinski definition) is 3. The summed E-state index contributed by atoms with van der Waals surface area (Å²) < 4.78 is 5.58. The van der Waals surface area contributed by atoms with E-state index in [1.807, 2.05) is 97.1 Å². The second-order valence-electron chi connectivity index (χ2n) is 6.70. The van der Waals surface area contributed by atoms with Crippen LogP contribution >= 0.6 is 0 Å². The van der Waals surface area contributed by atoms with Gasteiger partial charge in [0.15, 0.2) is 0 Å². The summed E-state index contributed by atoms with van der Waals surface area (Å²) in [6.07, 6.45) is 1.64. The van der Waals surface area contributed by atoms with E-state index in [0.29, 0.717) is 0 Å². The standard InChI is InChI=1S/C25H22N2O2/c28-24(27-22-15-8-7-14-21(22)19-10-3-1-4-11-19)18-26-25(23-16-9-17-29-23)20-12-5-2-6-13-20/h1-17,25-26H,18H2,(H,27,28)/t25-/m0/s1. The Bertz CT molecular complexity index is 1040. The molecule has 0 radical (unpaired) electrons. The topological polar surface area (TPSA) is 54.3 Å². The number of benzene rings is 3. The van der Waals surface area contributed by atoms with Crippen LogP contribution in [0.5, 0.6) is 0 Å². The number of furan rings is 1. The lowest BCUT2D eigenvalue weighted by atomic mass is 10.0. The zero-order valence-corrected chi connectivity index (χ0v) is 15.9. The van der Waals surface area contributed by atoms with Crippen molar-refractivity contribution < 1.29 is 9.21 Å². The highest BCUT2D eigenvalue weighted by atomic mass is 16.3. The fourth-order valence-corrected chi connectivity index (χ4v) is 3.33. The average Bonchev–Trinajstić information content (AvgIpc) is 3.30. The molecule has 4 heteroatoms. The van der Waals surface area contributed by atoms with Gasteiger partial charge in [0, 0.05) is 11.3 Å². The largest absolute Gasteiger partial charge is 0.467 e. The molecule has 0 aliphatic heterocycles. The predicted molar refractivity (Wildman–Crippen MR) is 116 cm³/mol. The highest BCUT2D eigenvalue weighted by Crippen LogP contribution is 2.27. The maximum Gasteiger partial charge on any atom is 0.238 e. The molecule has 0 saturated heterocycles. The number of para-hydroxylation sites is 1. The van der Waals surface area contributed by atoms with E-state index in [1.165, 1.54) is 0 Å². The molecule has 0 aliphatic carbocycles. The van der Waals surface area contributed by atoms with E-state index in [9.17, 15) is 4.79 Å². The third-order valence-corrected chi connectivity index (χ3v) is 4.71. The minimum absolute atomic E-state index is 0.110. The molecule has 0 saturated carbocycles. The molecule has 0 aliphatic rings. The van der Waals surface area contributed by atoms with Gasteiger partial charge in [-0.05, 0) is 29.3 Å². The Morgan fingerprint density at radius 1 is 0.793 bits per heavy atom. The van der Waals surface area contributed by atoms with E-state index in [0.717, 1.165) is 28.1 Å². The minimum Gasteiger partial charge on any atom is -0.467 e. The van der Waals surface area contributed by atoms with Gasteiger partial charge in [-0.1, -0.05) is 78.9 Å². The van der Waals surface area contributed by atoms with Gasteiger partial charge in [0.2, 0.25) is 5.91 Å². The Balaban J connectivity index is 1.48. The van der Waals surface area contributed by atoms with Crippen molar-refractivity contribution in [2.75, 3.05) is 11.9 Å². The summed E-state index contributed by atoms with van der Waals surface area (Å²) in [4.78, 5) is 12.7. The van der Waals surface area contributed by atoms with Gasteiger partial charge >= 0.3 is 0 Å². The van der Waals surface area contributed by atoms with Crippen molar-refractivity contribution in [2.24, 2.45) is 0 Å². The fourth-order valence-electron chi connectivity index (χ4n) is 3.33. The van der Waals surface area contributed by atoms with E-state index in [1.54, 1.807) is 6.26 Å². The first-order chi connectivity index (χ1) is 14.3. The summed E-state index contributed by atoms with van der Waals surface area (Å²) in [5, 5.41) is 6.34. The molecule has 4 nitrogen and oxygen atoms in total. The smallest absolute Gasteiger partial charge is 0.238 e. The summed E-state index contributed by atoms with van der Waals surface area (Å²) in [7, 11) is 0. The maximum atomic E-state index is 12.7. The van der Waals surface area contributed by atoms with Gasteiger partial charge < -0.3 is 9.73 Å². The van der Waals surface area contributed by atoms with Crippen molar-refractivity contribution in [1.29, 1.82) is 0 Å². The summed E-state index contributed by atoms with van der Waals surface area (Å²) >= 11 is 0. The SMILES string of the molecule is O=C(CN[C@@H](c1ccccc1)c1ccco1)Nc1ccccc1-c1ccccc1. The summed E-state index contributed by atoms with van der Waals surface area (Å²) in [6.45, 7) is 0.156. The molecule has 4 aromatic rings. The molecule has 144 valence electrons. The number of amides is 1. The van der Waals surface area contributed by atoms with Crippen LogP contribution < -0.4 is 10.6 Å². The minimum atomic E-state index is -0.193. The van der Waals surface area contributed by atoms with E-state index >= 15 is 0 Å². The number of hydrogen-bond donors (Lipinski definition) is 2. The Morgan fingerprint density at radius 2 is 1.48 bits per heavy atom. The van der Waals surface area contributed by atoms with Crippen LogP contribution in [-0.2, 0) is 4.79 Å². The van der Waals surface area contributed by atoms with Crippen molar-refractivity contribution in [3.05, 3.63) is 115 Å². The summed E-state index contributed by atoms with van der Waals surface area (Å²) in [5.41, 5.74) is 3.89. The monoisotopic (exact) mass is 382 g/mol. The lowest BCUT2D eigenvalue weighted by molar-refractivity contribution is -0.115. The van der Waals surface area contributed by atoms with Crippen molar-refractivity contribution in [3.63, 3.8) is 0 Å². The van der Waals surface area contributed by atoms with Crippen LogP contribution in [0.3, 0.4) is 0 Å². The predicted octanol–water partition coefficient (Wildman–Crippen LogP) is 5.26. The maximum absolute atomic E-state index is 12.7. The third kappa shape index (κ3) is 4.62. The van der Waals surface area contributed by atoms with Crippen molar-refractivity contribution in [2.45, 2.75) is 6.04 Å². The first-order valence-electron chi connectivity index (χ1n) is 9.57. The van der Waals surface area contributed by atoms with Crippen LogP contribution in [0, 0.1) is 0 Å². The molecule has 0 bridgehead atoms. The number of anilines is 1. The molecular weight excluding hydrogens is 360 g/mol. The molecule has 3 aromatic carbocycles. The molecule has 1 amide bonds. The zero-order valence-electron chi connectivity index (χ0n) is 15.9. The van der Waals surface area contributed by atoms with Crippen LogP contribution in [0.25, 0.3) is 11.1 Å². The van der Waals surface area contributed by atoms with E-state index in [2.05, 4.69) is 10.6 Å². The molecule has 0 spiro atoms. The quantitative estimate of drug-likeness (QED) is 0.458. The normalized spacial score (nSPS) is 11.7. The molecule has 0 unspecified atom stereocenters. The Labute approximate surface area is 170 Å². The third-order valence-electron chi connectivity index (χ3n) is 4.71. The molecule has 1 aromatic heterocycles. The number of rotatable bonds is 7. The van der Waals surface area contributed by atoms with Crippen LogP contribution in [0.4, 0.5) is 5.69 Å². The molecule has 29 heavy (non-hydrogen) atoms. The zero-order chi connectivity index (χ0) is 19.9. The van der Waals surface area contributed by atoms with E-state index in [4.69, 9.17) is 4.42 Å². The first kappa shape index (κ1) is 18.7. The van der Waals surface area contributed by atoms with Crippen molar-refractivity contribution in [1.82, 2.24) is 5.32 Å². The van der Waals surface area contributed by atoms with Crippen LogP contribution in [0.15, 0.2) is 108 Å². The van der Waals surface area contributed by atoms with Crippen LogP contribution in [0.2, 0.25) is 0 Å². The van der Waals surface area contributed by atoms with Gasteiger partial charge in [-0.2, -0.15) is 0 Å². The van der Waals surface area contributed by atoms with Gasteiger partial charge in [0.05, 0.1) is 18.8 Å². The summed E-state index contributed by atoms with van der Waals surface area (Å²) in [5.74, 6) is 0.662. The highest BCUT2D eigenvalue weighted by molar-refractivity contribution is 5.96. The Hall–Kier alpha value is -3.63. The van der Waals surface area contributed by atoms with Gasteiger partial charge in [-0.25, -0.2) is 0 Å². The number of carbonyl (C=O) groups excluding carboxylic acids is 1. The highest BCUT2D eigenvalue weighted by Gasteiger charge is 2.18. The fraction of sp³-hybridized carbons (Fsp3) is 0.0800. The van der Waals surface area contributed by atoms with Gasteiger partial charge in [-0.15, -0.1) is 0 Å². The van der Waals surface area contributed by atoms with Crippen molar-refractivity contribution in [3.8, 4) is 11.1 Å². The number of carbonyl (C=O) groups is 1. The first-order valence-corrected chi connectivity index (χ1v) is 9.57. The van der Waals surface area contributed by atoms with Gasteiger partial charge in [0.1, 0.15) is 5.76 Å². The lowest BCUT2D eigenvalue weighted by Crippen LogP contribution is -2.31. The van der Waals surface area contributed by atoms with Crippen LogP contribution in [0.1, 0.15) is 17.4 Å². The lowest BCUT2D eigenvalue weighted by Gasteiger charge is -2.17. The molecule has 1 heterocycles. The van der Waals surface area contributed by atoms with E-state index in [-0.39, 0.29) is 18.5 Å². The van der Waals surface area contributed by atoms with Crippen LogP contribution in [-0.4, -0.2) is 12.5 Å². The number of nitrogens with one attached hydrogen (secondary N) is 2. The van der Waals surface area contributed by atoms with E-state index < -0.39 is 0 Å². The van der Waals surface area contributed by atoms with Gasteiger partial charge in [0.25, 0.3) is 0 Å². The Morgan fingerprint density at radius 3 is 2.21 bits per heavy atom. The second-order valence-corrected chi connectivity index (χ2v) is 6.70. The second kappa shape index (κ2) is 9.04. The Kier molecular flexibility index (Phi) is 5.84. The average molecular weight is 382 g/mol. The van der Waals surface area contributed by atoms with Gasteiger partial charge in [-0.3, -0.25) is 10.1 Å². The molecule has 1 atom stereocenters. The molecular formula is C25H22N2O2. The molecule has 0 fully saturated rings. The molecule has 4 rings (SSSR count). The van der Waals surface area contributed by atoms with Crippen molar-refractivity contribution >= 4 is 11.6 Å². The summed E-state index contributed by atoms with van der Waals surface area (Å²) in [6, 6.07) is 31.4. The molecule has 2 N–H and O–H groups in total.